The predicted octanol–water partition coefficient (Wildman–Crippen LogP) is 2.73. The van der Waals surface area contributed by atoms with Gasteiger partial charge in [0, 0.05) is 10.9 Å². The fourth-order valence-electron chi connectivity index (χ4n) is 2.52. The lowest BCUT2D eigenvalue weighted by Crippen LogP contribution is -1.97. The number of H-pyrrole nitrogens is 1. The Morgan fingerprint density at radius 3 is 3.05 bits per heavy atom. The number of aromatic amines is 1. The monoisotopic (exact) mass is 267 g/mol. The van der Waals surface area contributed by atoms with Crippen LogP contribution in [0.5, 0.6) is 5.75 Å². The van der Waals surface area contributed by atoms with E-state index >= 15 is 0 Å². The zero-order chi connectivity index (χ0) is 13.5. The summed E-state index contributed by atoms with van der Waals surface area (Å²) in [7, 11) is 0. The zero-order valence-corrected chi connectivity index (χ0v) is 10.6. The van der Waals surface area contributed by atoms with Crippen molar-refractivity contribution in [2.75, 3.05) is 11.9 Å². The van der Waals surface area contributed by atoms with E-state index < -0.39 is 6.10 Å². The van der Waals surface area contributed by atoms with Crippen LogP contribution >= 0.6 is 0 Å². The molecule has 1 atom stereocenters. The predicted molar refractivity (Wildman–Crippen MR) is 76.3 cm³/mol. The molecule has 0 radical (unpaired) electrons. The number of nitrogens with zero attached hydrogens (tertiary/aromatic N) is 1. The van der Waals surface area contributed by atoms with Gasteiger partial charge in [-0.3, -0.25) is 5.10 Å². The Labute approximate surface area is 115 Å². The molecule has 3 aromatic rings. The quantitative estimate of drug-likeness (QED) is 0.667. The summed E-state index contributed by atoms with van der Waals surface area (Å²) < 4.78 is 5.55. The lowest BCUT2D eigenvalue weighted by Gasteiger charge is -2.08. The lowest BCUT2D eigenvalue weighted by molar-refractivity contribution is 0.140. The molecule has 100 valence electrons. The van der Waals surface area contributed by atoms with Crippen molar-refractivity contribution in [3.63, 3.8) is 0 Å². The van der Waals surface area contributed by atoms with Gasteiger partial charge >= 0.3 is 0 Å². The van der Waals surface area contributed by atoms with Crippen LogP contribution in [0.4, 0.5) is 11.5 Å². The fraction of sp³-hybridized carbons (Fsp3) is 0.133. The highest BCUT2D eigenvalue weighted by molar-refractivity contribution is 5.91. The van der Waals surface area contributed by atoms with Crippen LogP contribution in [0.3, 0.4) is 0 Å². The molecule has 2 heterocycles. The molecule has 1 aromatic heterocycles. The van der Waals surface area contributed by atoms with Crippen molar-refractivity contribution >= 4 is 22.4 Å². The number of para-hydroxylation sites is 2. The van der Waals surface area contributed by atoms with Crippen molar-refractivity contribution in [3.8, 4) is 5.75 Å². The third-order valence-electron chi connectivity index (χ3n) is 3.51. The number of anilines is 2. The van der Waals surface area contributed by atoms with Crippen molar-refractivity contribution in [2.24, 2.45) is 0 Å². The van der Waals surface area contributed by atoms with E-state index in [1.807, 2.05) is 42.5 Å². The summed E-state index contributed by atoms with van der Waals surface area (Å²) in [6, 6.07) is 13.6. The smallest absolute Gasteiger partial charge is 0.160 e. The molecule has 20 heavy (non-hydrogen) atoms. The summed E-state index contributed by atoms with van der Waals surface area (Å²) in [6.07, 6.45) is -0.553. The van der Waals surface area contributed by atoms with Crippen molar-refractivity contribution in [1.82, 2.24) is 10.2 Å². The molecule has 1 aliphatic heterocycles. The minimum atomic E-state index is -0.553. The molecular weight excluding hydrogens is 254 g/mol. The minimum absolute atomic E-state index is 0.301. The summed E-state index contributed by atoms with van der Waals surface area (Å²) in [5.74, 6) is 1.45. The van der Waals surface area contributed by atoms with E-state index in [4.69, 9.17) is 4.74 Å². The number of nitrogens with one attached hydrogen (secondary N) is 2. The molecule has 5 heteroatoms. The topological polar surface area (TPSA) is 70.2 Å². The lowest BCUT2D eigenvalue weighted by atomic mass is 10.1. The van der Waals surface area contributed by atoms with E-state index in [0.717, 1.165) is 28.0 Å². The second kappa shape index (κ2) is 4.25. The maximum atomic E-state index is 9.83. The van der Waals surface area contributed by atoms with Gasteiger partial charge in [-0.05, 0) is 18.2 Å². The molecule has 3 N–H and O–H groups in total. The number of rotatable bonds is 2. The van der Waals surface area contributed by atoms with E-state index in [0.29, 0.717) is 12.4 Å². The van der Waals surface area contributed by atoms with Gasteiger partial charge in [0.15, 0.2) is 5.82 Å². The summed E-state index contributed by atoms with van der Waals surface area (Å²) >= 11 is 0. The summed E-state index contributed by atoms with van der Waals surface area (Å²) in [6.45, 7) is 0.301. The minimum Gasteiger partial charge on any atom is -0.488 e. The maximum absolute atomic E-state index is 9.83. The zero-order valence-electron chi connectivity index (χ0n) is 10.6. The van der Waals surface area contributed by atoms with Crippen LogP contribution in [0, 0.1) is 0 Å². The standard InChI is InChI=1S/C15H13N3O2/c19-13-8-20-14-10(13)5-3-7-12(14)16-15-9-4-1-2-6-11(9)17-18-15/h1-7,13,19H,8H2,(H2,16,17,18). The molecule has 0 saturated carbocycles. The van der Waals surface area contributed by atoms with E-state index in [2.05, 4.69) is 15.5 Å². The van der Waals surface area contributed by atoms with Crippen LogP contribution in [0.15, 0.2) is 42.5 Å². The second-order valence-corrected chi connectivity index (χ2v) is 4.79. The molecule has 1 aliphatic rings. The Morgan fingerprint density at radius 1 is 1.20 bits per heavy atom. The first kappa shape index (κ1) is 11.3. The van der Waals surface area contributed by atoms with Crippen LogP contribution < -0.4 is 10.1 Å². The van der Waals surface area contributed by atoms with Crippen LogP contribution in [0.2, 0.25) is 0 Å². The first-order chi connectivity index (χ1) is 9.83. The molecule has 5 nitrogen and oxygen atoms in total. The second-order valence-electron chi connectivity index (χ2n) is 4.79. The van der Waals surface area contributed by atoms with Crippen LogP contribution in [-0.4, -0.2) is 21.9 Å². The highest BCUT2D eigenvalue weighted by atomic mass is 16.5. The van der Waals surface area contributed by atoms with Gasteiger partial charge in [0.05, 0.1) is 11.2 Å². The Balaban J connectivity index is 1.77. The number of fused-ring (bicyclic) bond motifs is 2. The van der Waals surface area contributed by atoms with Gasteiger partial charge in [-0.15, -0.1) is 0 Å². The molecule has 0 amide bonds. The van der Waals surface area contributed by atoms with Crippen molar-refractivity contribution in [1.29, 1.82) is 0 Å². The molecule has 1 unspecified atom stereocenters. The molecule has 2 aromatic carbocycles. The average molecular weight is 267 g/mol. The maximum Gasteiger partial charge on any atom is 0.160 e. The largest absolute Gasteiger partial charge is 0.488 e. The summed E-state index contributed by atoms with van der Waals surface area (Å²) in [4.78, 5) is 0. The van der Waals surface area contributed by atoms with Gasteiger partial charge in [-0.25, -0.2) is 0 Å². The first-order valence-corrected chi connectivity index (χ1v) is 6.47. The van der Waals surface area contributed by atoms with E-state index in [-0.39, 0.29) is 0 Å². The highest BCUT2D eigenvalue weighted by Gasteiger charge is 2.24. The normalized spacial score (nSPS) is 16.9. The number of hydrogen-bond acceptors (Lipinski definition) is 4. The van der Waals surface area contributed by atoms with Crippen molar-refractivity contribution in [2.45, 2.75) is 6.10 Å². The summed E-state index contributed by atoms with van der Waals surface area (Å²) in [5, 5.41) is 21.4. The summed E-state index contributed by atoms with van der Waals surface area (Å²) in [5.41, 5.74) is 2.61. The Kier molecular flexibility index (Phi) is 2.40. The molecule has 0 fully saturated rings. The van der Waals surface area contributed by atoms with Crippen LogP contribution in [-0.2, 0) is 0 Å². The molecular formula is C15H13N3O2. The van der Waals surface area contributed by atoms with Crippen molar-refractivity contribution in [3.05, 3.63) is 48.0 Å². The SMILES string of the molecule is OC1COc2c(Nc3n[nH]c4ccccc34)cccc21. The Hall–Kier alpha value is -2.53. The van der Waals surface area contributed by atoms with Gasteiger partial charge in [0.1, 0.15) is 18.5 Å². The highest BCUT2D eigenvalue weighted by Crippen LogP contribution is 2.40. The van der Waals surface area contributed by atoms with Crippen molar-refractivity contribution < 1.29 is 9.84 Å². The molecule has 0 aliphatic carbocycles. The Morgan fingerprint density at radius 2 is 2.10 bits per heavy atom. The molecule has 0 bridgehead atoms. The molecule has 4 rings (SSSR count). The number of hydrogen-bond donors (Lipinski definition) is 3. The fourth-order valence-corrected chi connectivity index (χ4v) is 2.52. The van der Waals surface area contributed by atoms with Crippen LogP contribution in [0.1, 0.15) is 11.7 Å². The number of aliphatic hydroxyl groups is 1. The van der Waals surface area contributed by atoms with E-state index in [1.165, 1.54) is 0 Å². The molecule has 0 spiro atoms. The third-order valence-corrected chi connectivity index (χ3v) is 3.51. The van der Waals surface area contributed by atoms with E-state index in [1.54, 1.807) is 0 Å². The van der Waals surface area contributed by atoms with Gasteiger partial charge in [-0.1, -0.05) is 24.3 Å². The van der Waals surface area contributed by atoms with Gasteiger partial charge in [0.25, 0.3) is 0 Å². The number of benzene rings is 2. The molecule has 0 saturated heterocycles. The van der Waals surface area contributed by atoms with Gasteiger partial charge in [-0.2, -0.15) is 5.10 Å². The average Bonchev–Trinajstić information content (AvgIpc) is 3.05. The van der Waals surface area contributed by atoms with Gasteiger partial charge in [0.2, 0.25) is 0 Å². The van der Waals surface area contributed by atoms with Gasteiger partial charge < -0.3 is 15.2 Å². The van der Waals surface area contributed by atoms with E-state index in [9.17, 15) is 5.11 Å². The number of ether oxygens (including phenoxy) is 1. The first-order valence-electron chi connectivity index (χ1n) is 6.47. The third kappa shape index (κ3) is 1.64. The van der Waals surface area contributed by atoms with Crippen LogP contribution in [0.25, 0.3) is 10.9 Å². The Bertz CT molecular complexity index is 782. The number of aliphatic hydroxyl groups excluding tert-OH is 1. The number of aromatic nitrogens is 2.